The Kier molecular flexibility index (Phi) is 6.63. The van der Waals surface area contributed by atoms with Crippen LogP contribution in [-0.2, 0) is 14.9 Å². The number of benzene rings is 1. The summed E-state index contributed by atoms with van der Waals surface area (Å²) in [5.74, 6) is 0.483. The summed E-state index contributed by atoms with van der Waals surface area (Å²) < 4.78 is 7.03. The summed E-state index contributed by atoms with van der Waals surface area (Å²) in [5, 5.41) is 12.8. The lowest BCUT2D eigenvalue weighted by Crippen LogP contribution is -2.67. The minimum Gasteiger partial charge on any atom is -0.858 e. The van der Waals surface area contributed by atoms with Crippen molar-refractivity contribution < 1.29 is 19.1 Å². The van der Waals surface area contributed by atoms with E-state index >= 15 is 0 Å². The smallest absolute Gasteiger partial charge is 0.317 e. The molecule has 1 aliphatic carbocycles. The summed E-state index contributed by atoms with van der Waals surface area (Å²) in [5.41, 5.74) is 0.538. The lowest BCUT2D eigenvalue weighted by atomic mass is 9.74. The van der Waals surface area contributed by atoms with Crippen LogP contribution in [0.4, 0.5) is 5.82 Å². The maximum absolute atomic E-state index is 13.9. The summed E-state index contributed by atoms with van der Waals surface area (Å²) in [7, 11) is 0. The van der Waals surface area contributed by atoms with E-state index in [1.807, 2.05) is 18.2 Å². The van der Waals surface area contributed by atoms with Crippen LogP contribution >= 0.6 is 0 Å². The molecule has 7 heteroatoms. The molecule has 0 spiro atoms. The molecule has 4 heterocycles. The Bertz CT molecular complexity index is 995. The van der Waals surface area contributed by atoms with Crippen LogP contribution in [0.5, 0.6) is 0 Å². The van der Waals surface area contributed by atoms with Gasteiger partial charge in [0.25, 0.3) is 0 Å². The van der Waals surface area contributed by atoms with E-state index in [2.05, 4.69) is 27.1 Å². The number of esters is 1. The average molecular weight is 463 g/mol. The SMILES string of the molecule is O=C(O[C@H]1C[N+]2(CC([O-])=Nc3cnccn3)CCC1CC2)C1(c2ccccc2)CCCCCC1. The Morgan fingerprint density at radius 1 is 1.09 bits per heavy atom. The van der Waals surface area contributed by atoms with Gasteiger partial charge >= 0.3 is 5.97 Å². The fourth-order valence-electron chi connectivity index (χ4n) is 6.33. The van der Waals surface area contributed by atoms with E-state index in [9.17, 15) is 9.90 Å². The first-order chi connectivity index (χ1) is 16.6. The van der Waals surface area contributed by atoms with Crippen LogP contribution in [0, 0.1) is 5.92 Å². The van der Waals surface area contributed by atoms with Crippen LogP contribution in [-0.4, -0.2) is 58.6 Å². The summed E-state index contributed by atoms with van der Waals surface area (Å²) in [6.45, 7) is 2.89. The topological polar surface area (TPSA) is 87.5 Å². The van der Waals surface area contributed by atoms with Gasteiger partial charge in [-0.2, -0.15) is 0 Å². The van der Waals surface area contributed by atoms with Crippen molar-refractivity contribution in [2.24, 2.45) is 10.9 Å². The molecule has 1 aromatic carbocycles. The molecule has 1 aromatic heterocycles. The fraction of sp³-hybridized carbons (Fsp3) is 0.556. The van der Waals surface area contributed by atoms with Crippen molar-refractivity contribution in [1.82, 2.24) is 9.97 Å². The van der Waals surface area contributed by atoms with E-state index in [0.717, 1.165) is 57.2 Å². The van der Waals surface area contributed by atoms with E-state index in [1.54, 1.807) is 6.20 Å². The normalized spacial score (nSPS) is 28.8. The van der Waals surface area contributed by atoms with Gasteiger partial charge in [-0.3, -0.25) is 9.78 Å². The Balaban J connectivity index is 1.33. The molecule has 0 amide bonds. The molecule has 3 aliphatic heterocycles. The molecule has 0 unspecified atom stereocenters. The van der Waals surface area contributed by atoms with Crippen LogP contribution in [0.2, 0.25) is 0 Å². The van der Waals surface area contributed by atoms with E-state index in [-0.39, 0.29) is 18.0 Å². The van der Waals surface area contributed by atoms with Gasteiger partial charge < -0.3 is 14.3 Å². The van der Waals surface area contributed by atoms with E-state index in [4.69, 9.17) is 4.74 Å². The summed E-state index contributed by atoms with van der Waals surface area (Å²) in [4.78, 5) is 26.1. The van der Waals surface area contributed by atoms with E-state index < -0.39 is 5.41 Å². The molecular weight excluding hydrogens is 428 g/mol. The number of carbonyl (C=O) groups excluding carboxylic acids is 1. The largest absolute Gasteiger partial charge is 0.858 e. The lowest BCUT2D eigenvalue weighted by Gasteiger charge is -2.53. The number of carbonyl (C=O) groups is 1. The minimum atomic E-state index is -0.550. The second-order valence-electron chi connectivity index (χ2n) is 10.3. The van der Waals surface area contributed by atoms with E-state index in [1.165, 1.54) is 25.2 Å². The minimum absolute atomic E-state index is 0.0620. The number of fused-ring (bicyclic) bond motifs is 3. The van der Waals surface area contributed by atoms with Crippen molar-refractivity contribution in [3.8, 4) is 0 Å². The number of hydrogen-bond acceptors (Lipinski definition) is 6. The molecule has 7 nitrogen and oxygen atoms in total. The highest BCUT2D eigenvalue weighted by atomic mass is 16.5. The van der Waals surface area contributed by atoms with Crippen LogP contribution < -0.4 is 5.11 Å². The standard InChI is InChI=1S/C27H34N4O3/c32-25(30-24-18-28-14-15-29-24)20-31-16-10-21(11-17-31)23(19-31)34-26(33)27(12-6-1-2-7-13-27)22-8-4-3-5-9-22/h3-5,8-9,14-15,18,21,23H,1-2,6-7,10-13,16-17,19-20H2/t21?,23-,31?/m0/s1. The molecule has 2 bridgehead atoms. The highest BCUT2D eigenvalue weighted by Gasteiger charge is 2.50. The van der Waals surface area contributed by atoms with Crippen molar-refractivity contribution in [2.45, 2.75) is 62.9 Å². The molecule has 3 saturated heterocycles. The van der Waals surface area contributed by atoms with E-state index in [0.29, 0.717) is 29.3 Å². The first-order valence-electron chi connectivity index (χ1n) is 12.7. The van der Waals surface area contributed by atoms with Crippen molar-refractivity contribution in [3.63, 3.8) is 0 Å². The molecule has 34 heavy (non-hydrogen) atoms. The van der Waals surface area contributed by atoms with Gasteiger partial charge in [0.15, 0.2) is 11.9 Å². The molecule has 1 atom stereocenters. The molecule has 0 N–H and O–H groups in total. The van der Waals surface area contributed by atoms with Crippen LogP contribution in [0.3, 0.4) is 0 Å². The van der Waals surface area contributed by atoms with Crippen molar-refractivity contribution in [3.05, 3.63) is 54.5 Å². The maximum Gasteiger partial charge on any atom is 0.317 e. The molecular formula is C27H34N4O3. The number of aliphatic imine (C=N–C) groups is 1. The second-order valence-corrected chi connectivity index (χ2v) is 10.3. The van der Waals surface area contributed by atoms with Crippen molar-refractivity contribution >= 4 is 17.7 Å². The molecule has 4 fully saturated rings. The van der Waals surface area contributed by atoms with Crippen LogP contribution in [0.1, 0.15) is 56.9 Å². The third kappa shape index (κ3) is 4.71. The zero-order valence-corrected chi connectivity index (χ0v) is 19.8. The Morgan fingerprint density at radius 3 is 2.50 bits per heavy atom. The molecule has 0 radical (unpaired) electrons. The number of piperidine rings is 3. The highest BCUT2D eigenvalue weighted by molar-refractivity contribution is 5.83. The first kappa shape index (κ1) is 23.0. The molecule has 1 saturated carbocycles. The number of aromatic nitrogens is 2. The average Bonchev–Trinajstić information content (AvgIpc) is 3.13. The summed E-state index contributed by atoms with van der Waals surface area (Å²) in [6.07, 6.45) is 12.6. The van der Waals surface area contributed by atoms with Gasteiger partial charge in [-0.15, -0.1) is 0 Å². The van der Waals surface area contributed by atoms with Gasteiger partial charge in [0.05, 0.1) is 24.7 Å². The molecule has 4 aliphatic rings. The second kappa shape index (κ2) is 9.82. The highest BCUT2D eigenvalue weighted by Crippen LogP contribution is 2.42. The lowest BCUT2D eigenvalue weighted by molar-refractivity contribution is -0.939. The Morgan fingerprint density at radius 2 is 1.82 bits per heavy atom. The summed E-state index contributed by atoms with van der Waals surface area (Å²) >= 11 is 0. The predicted octanol–water partition coefficient (Wildman–Crippen LogP) is 3.31. The van der Waals surface area contributed by atoms with Crippen molar-refractivity contribution in [1.29, 1.82) is 0 Å². The fourth-order valence-corrected chi connectivity index (χ4v) is 6.33. The maximum atomic E-state index is 13.9. The monoisotopic (exact) mass is 462 g/mol. The quantitative estimate of drug-likeness (QED) is 0.216. The predicted molar refractivity (Wildman–Crippen MR) is 127 cm³/mol. The third-order valence-electron chi connectivity index (χ3n) is 8.23. The molecule has 2 aromatic rings. The first-order valence-corrected chi connectivity index (χ1v) is 12.7. The van der Waals surface area contributed by atoms with Crippen LogP contribution in [0.15, 0.2) is 53.9 Å². The Labute approximate surface area is 201 Å². The summed E-state index contributed by atoms with van der Waals surface area (Å²) in [6, 6.07) is 10.2. The van der Waals surface area contributed by atoms with Gasteiger partial charge in [-0.05, 0) is 18.4 Å². The van der Waals surface area contributed by atoms with Gasteiger partial charge in [0.2, 0.25) is 0 Å². The third-order valence-corrected chi connectivity index (χ3v) is 8.23. The number of quaternary nitrogens is 1. The number of hydrogen-bond donors (Lipinski definition) is 0. The Hall–Kier alpha value is -2.80. The van der Waals surface area contributed by atoms with Gasteiger partial charge in [0.1, 0.15) is 13.1 Å². The molecule has 180 valence electrons. The zero-order valence-electron chi connectivity index (χ0n) is 19.8. The van der Waals surface area contributed by atoms with Crippen LogP contribution in [0.25, 0.3) is 0 Å². The van der Waals surface area contributed by atoms with Gasteiger partial charge in [-0.1, -0.05) is 56.0 Å². The zero-order chi connectivity index (χ0) is 23.4. The number of nitrogens with zero attached hydrogens (tertiary/aromatic N) is 4. The number of ether oxygens (including phenoxy) is 1. The van der Waals surface area contributed by atoms with Gasteiger partial charge in [-0.25, -0.2) is 9.98 Å². The van der Waals surface area contributed by atoms with Crippen molar-refractivity contribution in [2.75, 3.05) is 26.2 Å². The molecule has 6 rings (SSSR count). The number of rotatable bonds is 6. The van der Waals surface area contributed by atoms with Gasteiger partial charge in [0, 0.05) is 37.1 Å².